The highest BCUT2D eigenvalue weighted by atomic mass is 32.2. The van der Waals surface area contributed by atoms with E-state index in [1.54, 1.807) is 54.6 Å². The van der Waals surface area contributed by atoms with Gasteiger partial charge in [0, 0.05) is 25.7 Å². The molecule has 172 valence electrons. The van der Waals surface area contributed by atoms with Crippen molar-refractivity contribution in [2.75, 3.05) is 24.4 Å². The predicted molar refractivity (Wildman–Crippen MR) is 131 cm³/mol. The molecule has 1 aliphatic heterocycles. The van der Waals surface area contributed by atoms with Crippen molar-refractivity contribution < 1.29 is 13.2 Å². The zero-order chi connectivity index (χ0) is 23.3. The summed E-state index contributed by atoms with van der Waals surface area (Å²) in [5, 5.41) is 2.99. The molecule has 0 saturated carbocycles. The first kappa shape index (κ1) is 23.0. The summed E-state index contributed by atoms with van der Waals surface area (Å²) >= 11 is 0. The molecule has 0 aliphatic carbocycles. The molecule has 7 heteroatoms. The zero-order valence-electron chi connectivity index (χ0n) is 18.8. The number of carbonyl (C=O) groups excluding carboxylic acids is 1. The molecule has 0 radical (unpaired) electrons. The highest BCUT2D eigenvalue weighted by Gasteiger charge is 2.22. The van der Waals surface area contributed by atoms with Crippen molar-refractivity contribution in [1.29, 1.82) is 0 Å². The van der Waals surface area contributed by atoms with E-state index in [0.29, 0.717) is 17.8 Å². The number of sulfonamides is 1. The lowest BCUT2D eigenvalue weighted by Crippen LogP contribution is -2.28. The number of anilines is 1. The quantitative estimate of drug-likeness (QED) is 0.548. The van der Waals surface area contributed by atoms with Gasteiger partial charge in [-0.25, -0.2) is 8.42 Å². The molecule has 0 unspecified atom stereocenters. The van der Waals surface area contributed by atoms with Gasteiger partial charge in [-0.2, -0.15) is 0 Å². The van der Waals surface area contributed by atoms with E-state index in [0.717, 1.165) is 25.2 Å². The minimum Gasteiger partial charge on any atom is -0.348 e. The first-order chi connectivity index (χ1) is 15.9. The van der Waals surface area contributed by atoms with Crippen molar-refractivity contribution >= 4 is 21.6 Å². The number of likely N-dealkylation sites (tertiary alicyclic amines) is 1. The number of nitrogens with one attached hydrogen (secondary N) is 1. The van der Waals surface area contributed by atoms with E-state index in [2.05, 4.69) is 16.3 Å². The van der Waals surface area contributed by atoms with Crippen molar-refractivity contribution in [2.24, 2.45) is 0 Å². The maximum absolute atomic E-state index is 12.9. The zero-order valence-corrected chi connectivity index (χ0v) is 19.6. The van der Waals surface area contributed by atoms with E-state index >= 15 is 0 Å². The highest BCUT2D eigenvalue weighted by molar-refractivity contribution is 7.92. The van der Waals surface area contributed by atoms with Crippen molar-refractivity contribution in [3.63, 3.8) is 0 Å². The van der Waals surface area contributed by atoms with Crippen molar-refractivity contribution in [1.82, 2.24) is 10.2 Å². The number of benzene rings is 3. The number of hydrogen-bond acceptors (Lipinski definition) is 4. The van der Waals surface area contributed by atoms with Crippen LogP contribution in [-0.2, 0) is 23.1 Å². The van der Waals surface area contributed by atoms with Crippen LogP contribution in [0.15, 0.2) is 83.8 Å². The normalized spacial score (nSPS) is 14.2. The number of amides is 1. The van der Waals surface area contributed by atoms with Crippen molar-refractivity contribution in [2.45, 2.75) is 30.8 Å². The van der Waals surface area contributed by atoms with Crippen LogP contribution in [-0.4, -0.2) is 39.4 Å². The lowest BCUT2D eigenvalue weighted by molar-refractivity contribution is 0.0950. The van der Waals surface area contributed by atoms with Crippen LogP contribution in [0.4, 0.5) is 5.69 Å². The molecule has 1 amide bonds. The molecule has 6 nitrogen and oxygen atoms in total. The summed E-state index contributed by atoms with van der Waals surface area (Å²) in [4.78, 5) is 15.5. The Balaban J connectivity index is 1.46. The van der Waals surface area contributed by atoms with Crippen LogP contribution in [0, 0.1) is 0 Å². The Labute approximate surface area is 195 Å². The molecule has 0 bridgehead atoms. The van der Waals surface area contributed by atoms with E-state index in [9.17, 15) is 13.2 Å². The summed E-state index contributed by atoms with van der Waals surface area (Å²) in [5.74, 6) is -0.238. The van der Waals surface area contributed by atoms with Crippen molar-refractivity contribution in [3.8, 4) is 0 Å². The highest BCUT2D eigenvalue weighted by Crippen LogP contribution is 2.23. The molecule has 3 aromatic carbocycles. The summed E-state index contributed by atoms with van der Waals surface area (Å²) in [5.41, 5.74) is 3.17. The molecule has 0 atom stereocenters. The van der Waals surface area contributed by atoms with Crippen LogP contribution in [0.25, 0.3) is 0 Å². The van der Waals surface area contributed by atoms with E-state index < -0.39 is 10.0 Å². The Morgan fingerprint density at radius 2 is 1.58 bits per heavy atom. The fourth-order valence-corrected chi connectivity index (χ4v) is 5.28. The number of hydrogen-bond donors (Lipinski definition) is 1. The fraction of sp³-hybridized carbons (Fsp3) is 0.269. The maximum atomic E-state index is 12.9. The van der Waals surface area contributed by atoms with Gasteiger partial charge in [-0.05, 0) is 67.4 Å². The third kappa shape index (κ3) is 5.43. The van der Waals surface area contributed by atoms with Gasteiger partial charge in [-0.3, -0.25) is 14.0 Å². The summed E-state index contributed by atoms with van der Waals surface area (Å²) in [7, 11) is -2.22. The summed E-state index contributed by atoms with van der Waals surface area (Å²) in [6.45, 7) is 3.55. The van der Waals surface area contributed by atoms with Gasteiger partial charge in [0.05, 0.1) is 10.6 Å². The van der Waals surface area contributed by atoms with Gasteiger partial charge in [0.25, 0.3) is 15.9 Å². The van der Waals surface area contributed by atoms with Gasteiger partial charge in [-0.1, -0.05) is 48.5 Å². The molecule has 1 N–H and O–H groups in total. The lowest BCUT2D eigenvalue weighted by atomic mass is 10.1. The van der Waals surface area contributed by atoms with Crippen LogP contribution < -0.4 is 9.62 Å². The second-order valence-electron chi connectivity index (χ2n) is 8.27. The molecule has 0 spiro atoms. The second-order valence-corrected chi connectivity index (χ2v) is 10.2. The largest absolute Gasteiger partial charge is 0.348 e. The molecule has 0 aromatic heterocycles. The molecule has 4 rings (SSSR count). The van der Waals surface area contributed by atoms with Crippen LogP contribution in [0.1, 0.15) is 34.3 Å². The Morgan fingerprint density at radius 1 is 0.909 bits per heavy atom. The molecule has 3 aromatic rings. The van der Waals surface area contributed by atoms with Gasteiger partial charge in [-0.15, -0.1) is 0 Å². The van der Waals surface area contributed by atoms with Gasteiger partial charge >= 0.3 is 0 Å². The van der Waals surface area contributed by atoms with E-state index in [1.807, 2.05) is 18.2 Å². The molecular formula is C26H29N3O3S. The fourth-order valence-electron chi connectivity index (χ4n) is 4.08. The van der Waals surface area contributed by atoms with Gasteiger partial charge in [0.1, 0.15) is 0 Å². The maximum Gasteiger partial charge on any atom is 0.264 e. The van der Waals surface area contributed by atoms with Gasteiger partial charge < -0.3 is 5.32 Å². The second kappa shape index (κ2) is 10.2. The van der Waals surface area contributed by atoms with Crippen LogP contribution in [0.2, 0.25) is 0 Å². The minimum absolute atomic E-state index is 0.206. The molecule has 33 heavy (non-hydrogen) atoms. The number of nitrogens with zero attached hydrogens (tertiary/aromatic N) is 2. The number of rotatable bonds is 8. The predicted octanol–water partition coefficient (Wildman–Crippen LogP) is 4.04. The molecule has 1 aliphatic rings. The Bertz CT molecular complexity index is 1210. The van der Waals surface area contributed by atoms with E-state index in [-0.39, 0.29) is 10.8 Å². The Kier molecular flexibility index (Phi) is 7.11. The smallest absolute Gasteiger partial charge is 0.264 e. The van der Waals surface area contributed by atoms with Crippen LogP contribution >= 0.6 is 0 Å². The molecule has 1 fully saturated rings. The third-order valence-electron chi connectivity index (χ3n) is 6.02. The van der Waals surface area contributed by atoms with E-state index in [1.165, 1.54) is 29.8 Å². The summed E-state index contributed by atoms with van der Waals surface area (Å²) < 4.78 is 27.0. The van der Waals surface area contributed by atoms with Gasteiger partial charge in [0.15, 0.2) is 0 Å². The SMILES string of the molecule is CN(c1cccc(C(=O)NCc2ccccc2CN2CCCC2)c1)S(=O)(=O)c1ccccc1. The van der Waals surface area contributed by atoms with E-state index in [4.69, 9.17) is 0 Å². The first-order valence-electron chi connectivity index (χ1n) is 11.2. The summed E-state index contributed by atoms with van der Waals surface area (Å²) in [6.07, 6.45) is 2.48. The standard InChI is InChI=1S/C26H29N3O3S/c1-28(33(31,32)25-14-3-2-4-15-25)24-13-9-12-21(18-24)26(30)27-19-22-10-5-6-11-23(22)20-29-16-7-8-17-29/h2-6,9-15,18H,7-8,16-17,19-20H2,1H3,(H,27,30). The summed E-state index contributed by atoms with van der Waals surface area (Å²) in [6, 6.07) is 23.1. The lowest BCUT2D eigenvalue weighted by Gasteiger charge is -2.20. The monoisotopic (exact) mass is 463 g/mol. The Morgan fingerprint density at radius 3 is 2.30 bits per heavy atom. The molecule has 1 saturated heterocycles. The topological polar surface area (TPSA) is 69.7 Å². The van der Waals surface area contributed by atoms with Crippen molar-refractivity contribution in [3.05, 3.63) is 95.6 Å². The average Bonchev–Trinajstić information content (AvgIpc) is 3.36. The number of carbonyl (C=O) groups is 1. The minimum atomic E-state index is -3.71. The average molecular weight is 464 g/mol. The first-order valence-corrected chi connectivity index (χ1v) is 12.6. The van der Waals surface area contributed by atoms with Gasteiger partial charge in [0.2, 0.25) is 0 Å². The molecule has 1 heterocycles. The third-order valence-corrected chi connectivity index (χ3v) is 7.82. The van der Waals surface area contributed by atoms with Crippen LogP contribution in [0.5, 0.6) is 0 Å². The van der Waals surface area contributed by atoms with Crippen LogP contribution in [0.3, 0.4) is 0 Å². The molecular weight excluding hydrogens is 434 g/mol. The Hall–Kier alpha value is -3.16.